The minimum atomic E-state index is 0.150. The van der Waals surface area contributed by atoms with E-state index in [-0.39, 0.29) is 5.91 Å². The van der Waals surface area contributed by atoms with Crippen LogP contribution in [-0.4, -0.2) is 41.4 Å². The van der Waals surface area contributed by atoms with E-state index in [4.69, 9.17) is 0 Å². The second-order valence-corrected chi connectivity index (χ2v) is 6.68. The van der Waals surface area contributed by atoms with E-state index in [9.17, 15) is 4.79 Å². The fraction of sp³-hybridized carbons (Fsp3) is 0.500. The molecule has 1 N–H and O–H groups in total. The van der Waals surface area contributed by atoms with Gasteiger partial charge in [-0.25, -0.2) is 0 Å². The molecule has 1 aliphatic rings. The molecule has 1 heterocycles. The van der Waals surface area contributed by atoms with Crippen LogP contribution in [0.1, 0.15) is 24.2 Å². The number of carbonyl (C=O) groups is 1. The number of nitrogens with one attached hydrogen (secondary N) is 1. The number of anilines is 1. The van der Waals surface area contributed by atoms with E-state index in [1.54, 1.807) is 0 Å². The highest BCUT2D eigenvalue weighted by Crippen LogP contribution is 2.25. The lowest BCUT2D eigenvalue weighted by Gasteiger charge is -2.34. The number of carbonyl (C=O) groups excluding carboxylic acids is 1. The van der Waals surface area contributed by atoms with E-state index in [2.05, 4.69) is 19.2 Å². The number of hydrogen-bond donors (Lipinski definition) is 1. The monoisotopic (exact) mass is 264 g/mol. The molecule has 18 heavy (non-hydrogen) atoms. The molecule has 0 aliphatic carbocycles. The zero-order valence-electron chi connectivity index (χ0n) is 11.1. The first-order valence-corrected chi connectivity index (χ1v) is 7.27. The third kappa shape index (κ3) is 2.99. The second-order valence-electron chi connectivity index (χ2n) is 4.79. The van der Waals surface area contributed by atoms with Crippen molar-refractivity contribution in [2.24, 2.45) is 0 Å². The fourth-order valence-corrected chi connectivity index (χ4v) is 3.63. The van der Waals surface area contributed by atoms with Gasteiger partial charge in [0, 0.05) is 41.9 Å². The standard InChI is InChI=1S/C14H20N2OS/c1-10-8-16(9-11(2)18-10)14(17)12-4-6-13(15-3)7-5-12/h4-7,10-11,15H,8-9H2,1-3H3. The van der Waals surface area contributed by atoms with Crippen molar-refractivity contribution in [3.8, 4) is 0 Å². The third-order valence-corrected chi connectivity index (χ3v) is 4.35. The molecule has 1 amide bonds. The Morgan fingerprint density at radius 3 is 2.28 bits per heavy atom. The van der Waals surface area contributed by atoms with Crippen LogP contribution in [0.15, 0.2) is 24.3 Å². The van der Waals surface area contributed by atoms with E-state index in [0.717, 1.165) is 24.3 Å². The van der Waals surface area contributed by atoms with Crippen molar-refractivity contribution in [1.82, 2.24) is 4.90 Å². The first-order chi connectivity index (χ1) is 8.60. The average molecular weight is 264 g/mol. The summed E-state index contributed by atoms with van der Waals surface area (Å²) in [5.41, 5.74) is 1.81. The SMILES string of the molecule is CNc1ccc(C(=O)N2CC(C)SC(C)C2)cc1. The van der Waals surface area contributed by atoms with E-state index in [1.807, 2.05) is 48.0 Å². The minimum absolute atomic E-state index is 0.150. The summed E-state index contributed by atoms with van der Waals surface area (Å²) in [6.07, 6.45) is 0. The van der Waals surface area contributed by atoms with E-state index in [1.165, 1.54) is 0 Å². The predicted octanol–water partition coefficient (Wildman–Crippen LogP) is 2.69. The van der Waals surface area contributed by atoms with Crippen molar-refractivity contribution in [2.75, 3.05) is 25.5 Å². The molecule has 1 saturated heterocycles. The number of benzene rings is 1. The molecule has 2 atom stereocenters. The average Bonchev–Trinajstić information content (AvgIpc) is 2.37. The highest BCUT2D eigenvalue weighted by molar-refractivity contribution is 8.00. The van der Waals surface area contributed by atoms with Crippen molar-refractivity contribution in [3.05, 3.63) is 29.8 Å². The van der Waals surface area contributed by atoms with Gasteiger partial charge in [-0.15, -0.1) is 0 Å². The summed E-state index contributed by atoms with van der Waals surface area (Å²) < 4.78 is 0. The number of nitrogens with zero attached hydrogens (tertiary/aromatic N) is 1. The van der Waals surface area contributed by atoms with Crippen LogP contribution in [0.2, 0.25) is 0 Å². The smallest absolute Gasteiger partial charge is 0.253 e. The maximum atomic E-state index is 12.4. The van der Waals surface area contributed by atoms with Gasteiger partial charge in [0.1, 0.15) is 0 Å². The van der Waals surface area contributed by atoms with Gasteiger partial charge in [-0.1, -0.05) is 13.8 Å². The molecule has 1 aliphatic heterocycles. The maximum absolute atomic E-state index is 12.4. The molecule has 0 spiro atoms. The Morgan fingerprint density at radius 2 is 1.78 bits per heavy atom. The van der Waals surface area contributed by atoms with E-state index in [0.29, 0.717) is 10.5 Å². The highest BCUT2D eigenvalue weighted by Gasteiger charge is 2.26. The van der Waals surface area contributed by atoms with Gasteiger partial charge in [0.05, 0.1) is 0 Å². The molecule has 1 aromatic rings. The van der Waals surface area contributed by atoms with E-state index < -0.39 is 0 Å². The zero-order valence-corrected chi connectivity index (χ0v) is 12.0. The van der Waals surface area contributed by atoms with Crippen LogP contribution in [0.3, 0.4) is 0 Å². The van der Waals surface area contributed by atoms with Crippen molar-refractivity contribution >= 4 is 23.4 Å². The van der Waals surface area contributed by atoms with Gasteiger partial charge in [0.15, 0.2) is 0 Å². The highest BCUT2D eigenvalue weighted by atomic mass is 32.2. The molecule has 1 aromatic carbocycles. The first kappa shape index (κ1) is 13.3. The normalized spacial score (nSPS) is 23.8. The van der Waals surface area contributed by atoms with Gasteiger partial charge in [-0.05, 0) is 24.3 Å². The summed E-state index contributed by atoms with van der Waals surface area (Å²) in [6.45, 7) is 6.07. The molecule has 0 saturated carbocycles. The second kappa shape index (κ2) is 5.65. The molecule has 2 rings (SSSR count). The molecule has 4 heteroatoms. The lowest BCUT2D eigenvalue weighted by atomic mass is 10.1. The molecule has 1 fully saturated rings. The summed E-state index contributed by atoms with van der Waals surface area (Å²) in [6, 6.07) is 7.67. The van der Waals surface area contributed by atoms with Crippen molar-refractivity contribution in [2.45, 2.75) is 24.3 Å². The van der Waals surface area contributed by atoms with Crippen LogP contribution in [0.4, 0.5) is 5.69 Å². The first-order valence-electron chi connectivity index (χ1n) is 6.32. The Kier molecular flexibility index (Phi) is 4.17. The number of amides is 1. The lowest BCUT2D eigenvalue weighted by Crippen LogP contribution is -2.44. The third-order valence-electron chi connectivity index (χ3n) is 3.13. The predicted molar refractivity (Wildman–Crippen MR) is 78.4 cm³/mol. The van der Waals surface area contributed by atoms with Gasteiger partial charge in [-0.2, -0.15) is 11.8 Å². The molecule has 0 radical (unpaired) electrons. The Bertz CT molecular complexity index is 408. The quantitative estimate of drug-likeness (QED) is 0.891. The van der Waals surface area contributed by atoms with Crippen LogP contribution in [0.25, 0.3) is 0 Å². The van der Waals surface area contributed by atoms with Gasteiger partial charge in [-0.3, -0.25) is 4.79 Å². The number of hydrogen-bond acceptors (Lipinski definition) is 3. The molecule has 2 unspecified atom stereocenters. The van der Waals surface area contributed by atoms with Crippen LogP contribution < -0.4 is 5.32 Å². The molecule has 98 valence electrons. The number of thioether (sulfide) groups is 1. The summed E-state index contributed by atoms with van der Waals surface area (Å²) in [5, 5.41) is 4.10. The van der Waals surface area contributed by atoms with Crippen LogP contribution in [0, 0.1) is 0 Å². The molecule has 0 bridgehead atoms. The fourth-order valence-electron chi connectivity index (χ4n) is 2.31. The lowest BCUT2D eigenvalue weighted by molar-refractivity contribution is 0.0753. The van der Waals surface area contributed by atoms with Crippen LogP contribution in [-0.2, 0) is 0 Å². The maximum Gasteiger partial charge on any atom is 0.253 e. The van der Waals surface area contributed by atoms with Gasteiger partial charge < -0.3 is 10.2 Å². The Balaban J connectivity index is 2.09. The van der Waals surface area contributed by atoms with Gasteiger partial charge in [0.2, 0.25) is 0 Å². The van der Waals surface area contributed by atoms with Crippen molar-refractivity contribution < 1.29 is 4.79 Å². The molecular formula is C14H20N2OS. The zero-order chi connectivity index (χ0) is 13.1. The molecule has 3 nitrogen and oxygen atoms in total. The Hall–Kier alpha value is -1.16. The van der Waals surface area contributed by atoms with Crippen LogP contribution >= 0.6 is 11.8 Å². The Labute approximate surface area is 113 Å². The molecule has 0 aromatic heterocycles. The summed E-state index contributed by atoms with van der Waals surface area (Å²) in [4.78, 5) is 14.4. The van der Waals surface area contributed by atoms with Gasteiger partial charge in [0.25, 0.3) is 5.91 Å². The summed E-state index contributed by atoms with van der Waals surface area (Å²) >= 11 is 1.96. The topological polar surface area (TPSA) is 32.3 Å². The van der Waals surface area contributed by atoms with Crippen molar-refractivity contribution in [1.29, 1.82) is 0 Å². The van der Waals surface area contributed by atoms with E-state index >= 15 is 0 Å². The summed E-state index contributed by atoms with van der Waals surface area (Å²) in [5.74, 6) is 0.150. The molecular weight excluding hydrogens is 244 g/mol. The van der Waals surface area contributed by atoms with Crippen molar-refractivity contribution in [3.63, 3.8) is 0 Å². The van der Waals surface area contributed by atoms with Crippen LogP contribution in [0.5, 0.6) is 0 Å². The number of rotatable bonds is 2. The minimum Gasteiger partial charge on any atom is -0.388 e. The summed E-state index contributed by atoms with van der Waals surface area (Å²) in [7, 11) is 1.88. The Morgan fingerprint density at radius 1 is 1.22 bits per heavy atom. The van der Waals surface area contributed by atoms with Gasteiger partial charge >= 0.3 is 0 Å². The largest absolute Gasteiger partial charge is 0.388 e.